The van der Waals surface area contributed by atoms with E-state index in [-0.39, 0.29) is 11.8 Å². The van der Waals surface area contributed by atoms with Gasteiger partial charge in [0.15, 0.2) is 0 Å². The minimum atomic E-state index is -0.224. The van der Waals surface area contributed by atoms with Crippen molar-refractivity contribution >= 4 is 17.5 Å². The summed E-state index contributed by atoms with van der Waals surface area (Å²) in [5.41, 5.74) is 2.55. The van der Waals surface area contributed by atoms with Crippen LogP contribution in [-0.2, 0) is 6.54 Å². The molecule has 3 rings (SSSR count). The Morgan fingerprint density at radius 2 is 1.56 bits per heavy atom. The molecule has 0 atom stereocenters. The number of para-hydroxylation sites is 1. The normalized spacial score (nSPS) is 10.6. The molecule has 0 aliphatic rings. The maximum absolute atomic E-state index is 13.1. The maximum atomic E-state index is 13.1. The van der Waals surface area contributed by atoms with Crippen LogP contribution in [0.1, 0.15) is 46.5 Å². The quantitative estimate of drug-likeness (QED) is 0.500. The zero-order chi connectivity index (χ0) is 22.9. The van der Waals surface area contributed by atoms with Crippen LogP contribution < -0.4 is 15.0 Å². The third-order valence-electron chi connectivity index (χ3n) is 5.18. The predicted octanol–water partition coefficient (Wildman–Crippen LogP) is 5.32. The van der Waals surface area contributed by atoms with Crippen molar-refractivity contribution in [2.24, 2.45) is 5.92 Å². The molecule has 0 spiro atoms. The van der Waals surface area contributed by atoms with Crippen molar-refractivity contribution in [3.05, 3.63) is 95.6 Å². The van der Waals surface area contributed by atoms with Gasteiger partial charge in [0.05, 0.1) is 17.9 Å². The molecule has 0 saturated carbocycles. The predicted molar refractivity (Wildman–Crippen MR) is 128 cm³/mol. The van der Waals surface area contributed by atoms with Gasteiger partial charge in [-0.1, -0.05) is 56.3 Å². The molecule has 0 saturated heterocycles. The topological polar surface area (TPSA) is 58.6 Å². The smallest absolute Gasteiger partial charge is 0.258 e. The Bertz CT molecular complexity index is 1030. The summed E-state index contributed by atoms with van der Waals surface area (Å²) in [5, 5.41) is 2.93. The summed E-state index contributed by atoms with van der Waals surface area (Å²) in [4.78, 5) is 27.4. The molecule has 0 aromatic heterocycles. The van der Waals surface area contributed by atoms with E-state index in [9.17, 15) is 9.59 Å². The van der Waals surface area contributed by atoms with Gasteiger partial charge in [0.1, 0.15) is 5.75 Å². The summed E-state index contributed by atoms with van der Waals surface area (Å²) in [6.45, 7) is 5.38. The largest absolute Gasteiger partial charge is 0.494 e. The van der Waals surface area contributed by atoms with E-state index < -0.39 is 0 Å². The molecule has 2 amide bonds. The molecule has 5 heteroatoms. The van der Waals surface area contributed by atoms with Gasteiger partial charge in [-0.05, 0) is 54.3 Å². The van der Waals surface area contributed by atoms with Crippen molar-refractivity contribution in [3.8, 4) is 5.75 Å². The number of carbonyl (C=O) groups is 2. The van der Waals surface area contributed by atoms with Gasteiger partial charge in [-0.2, -0.15) is 0 Å². The highest BCUT2D eigenvalue weighted by atomic mass is 16.5. The number of carbonyl (C=O) groups excluding carboxylic acids is 2. The first-order chi connectivity index (χ1) is 15.5. The van der Waals surface area contributed by atoms with E-state index in [0.717, 1.165) is 17.7 Å². The molecule has 0 unspecified atom stereocenters. The lowest BCUT2D eigenvalue weighted by molar-refractivity contribution is 0.0951. The number of nitrogens with zero attached hydrogens (tertiary/aromatic N) is 1. The average Bonchev–Trinajstić information content (AvgIpc) is 2.82. The lowest BCUT2D eigenvalue weighted by Crippen LogP contribution is -2.30. The molecule has 0 bridgehead atoms. The Morgan fingerprint density at radius 1 is 0.906 bits per heavy atom. The molecular weight excluding hydrogens is 400 g/mol. The van der Waals surface area contributed by atoms with E-state index in [0.29, 0.717) is 35.9 Å². The molecule has 0 radical (unpaired) electrons. The van der Waals surface area contributed by atoms with Crippen molar-refractivity contribution < 1.29 is 14.3 Å². The Balaban J connectivity index is 1.68. The van der Waals surface area contributed by atoms with Crippen molar-refractivity contribution in [2.45, 2.75) is 26.8 Å². The van der Waals surface area contributed by atoms with E-state index in [4.69, 9.17) is 4.74 Å². The van der Waals surface area contributed by atoms with Gasteiger partial charge in [0.25, 0.3) is 11.8 Å². The number of hydrogen-bond acceptors (Lipinski definition) is 3. The fraction of sp³-hybridized carbons (Fsp3) is 0.259. The molecule has 0 aliphatic carbocycles. The zero-order valence-electron chi connectivity index (χ0n) is 18.9. The summed E-state index contributed by atoms with van der Waals surface area (Å²) in [6, 6.07) is 23.9. The monoisotopic (exact) mass is 430 g/mol. The molecule has 3 aromatic rings. The standard InChI is InChI=1S/C27H30N2O3/c1-20(2)17-18-32-23-15-13-22(14-16-23)27(31)29(3)25-12-8-7-11-24(25)26(30)28-19-21-9-5-4-6-10-21/h4-16,20H,17-19H2,1-3H3,(H,28,30). The molecule has 166 valence electrons. The van der Waals surface area contributed by atoms with Crippen LogP contribution in [0.25, 0.3) is 0 Å². The van der Waals surface area contributed by atoms with Crippen LogP contribution in [0.5, 0.6) is 5.75 Å². The summed E-state index contributed by atoms with van der Waals surface area (Å²) < 4.78 is 5.73. The summed E-state index contributed by atoms with van der Waals surface area (Å²) in [7, 11) is 1.68. The van der Waals surface area contributed by atoms with Crippen molar-refractivity contribution in [2.75, 3.05) is 18.6 Å². The Kier molecular flexibility index (Phi) is 8.03. The van der Waals surface area contributed by atoms with Gasteiger partial charge in [-0.3, -0.25) is 9.59 Å². The number of anilines is 1. The molecule has 1 N–H and O–H groups in total. The molecule has 0 heterocycles. The van der Waals surface area contributed by atoms with Crippen LogP contribution in [-0.4, -0.2) is 25.5 Å². The fourth-order valence-electron chi connectivity index (χ4n) is 3.24. The first-order valence-corrected chi connectivity index (χ1v) is 10.9. The second-order valence-electron chi connectivity index (χ2n) is 8.10. The van der Waals surface area contributed by atoms with Crippen LogP contribution in [0.4, 0.5) is 5.69 Å². The Labute approximate surface area is 190 Å². The molecule has 0 fully saturated rings. The molecule has 5 nitrogen and oxygen atoms in total. The average molecular weight is 431 g/mol. The van der Waals surface area contributed by atoms with Crippen LogP contribution in [0.2, 0.25) is 0 Å². The molecule has 32 heavy (non-hydrogen) atoms. The van der Waals surface area contributed by atoms with Crippen LogP contribution in [0.3, 0.4) is 0 Å². The van der Waals surface area contributed by atoms with E-state index in [1.54, 1.807) is 49.5 Å². The lowest BCUT2D eigenvalue weighted by Gasteiger charge is -2.21. The molecule has 3 aromatic carbocycles. The second kappa shape index (κ2) is 11.1. The van der Waals surface area contributed by atoms with Gasteiger partial charge in [-0.25, -0.2) is 0 Å². The number of rotatable bonds is 9. The maximum Gasteiger partial charge on any atom is 0.258 e. The highest BCUT2D eigenvalue weighted by molar-refractivity contribution is 6.10. The van der Waals surface area contributed by atoms with E-state index in [1.165, 1.54) is 4.90 Å². The van der Waals surface area contributed by atoms with Crippen LogP contribution >= 0.6 is 0 Å². The minimum Gasteiger partial charge on any atom is -0.494 e. The van der Waals surface area contributed by atoms with Crippen molar-refractivity contribution in [1.29, 1.82) is 0 Å². The number of hydrogen-bond donors (Lipinski definition) is 1. The van der Waals surface area contributed by atoms with Crippen molar-refractivity contribution in [1.82, 2.24) is 5.32 Å². The summed E-state index contributed by atoms with van der Waals surface area (Å²) in [5.74, 6) is 0.903. The van der Waals surface area contributed by atoms with E-state index in [2.05, 4.69) is 19.2 Å². The van der Waals surface area contributed by atoms with Gasteiger partial charge in [0, 0.05) is 19.2 Å². The van der Waals surface area contributed by atoms with Gasteiger partial charge in [-0.15, -0.1) is 0 Å². The third-order valence-corrected chi connectivity index (χ3v) is 5.18. The van der Waals surface area contributed by atoms with Gasteiger partial charge < -0.3 is 15.0 Å². The van der Waals surface area contributed by atoms with Gasteiger partial charge >= 0.3 is 0 Å². The Hall–Kier alpha value is -3.60. The summed E-state index contributed by atoms with van der Waals surface area (Å²) >= 11 is 0. The number of ether oxygens (including phenoxy) is 1. The second-order valence-corrected chi connectivity index (χ2v) is 8.10. The number of benzene rings is 3. The van der Waals surface area contributed by atoms with Crippen LogP contribution in [0.15, 0.2) is 78.9 Å². The highest BCUT2D eigenvalue weighted by Gasteiger charge is 2.19. The number of amides is 2. The first-order valence-electron chi connectivity index (χ1n) is 10.9. The van der Waals surface area contributed by atoms with Gasteiger partial charge in [0.2, 0.25) is 0 Å². The van der Waals surface area contributed by atoms with E-state index >= 15 is 0 Å². The Morgan fingerprint density at radius 3 is 2.25 bits per heavy atom. The molecule has 0 aliphatic heterocycles. The fourth-order valence-corrected chi connectivity index (χ4v) is 3.24. The minimum absolute atomic E-state index is 0.193. The lowest BCUT2D eigenvalue weighted by atomic mass is 10.1. The SMILES string of the molecule is CC(C)CCOc1ccc(C(=O)N(C)c2ccccc2C(=O)NCc2ccccc2)cc1. The molecular formula is C27H30N2O3. The zero-order valence-corrected chi connectivity index (χ0v) is 18.9. The van der Waals surface area contributed by atoms with Crippen molar-refractivity contribution in [3.63, 3.8) is 0 Å². The third kappa shape index (κ3) is 6.20. The van der Waals surface area contributed by atoms with E-state index in [1.807, 2.05) is 36.4 Å². The number of nitrogens with one attached hydrogen (secondary N) is 1. The van der Waals surface area contributed by atoms with Crippen LogP contribution in [0, 0.1) is 5.92 Å². The first kappa shape index (κ1) is 23.1. The highest BCUT2D eigenvalue weighted by Crippen LogP contribution is 2.22. The summed E-state index contributed by atoms with van der Waals surface area (Å²) in [6.07, 6.45) is 0.979.